The van der Waals surface area contributed by atoms with Crippen molar-refractivity contribution in [1.29, 1.82) is 0 Å². The summed E-state index contributed by atoms with van der Waals surface area (Å²) in [6.45, 7) is 1.97. The number of amides is 2. The average molecular weight is 370 g/mol. The van der Waals surface area contributed by atoms with Crippen LogP contribution in [0.4, 0.5) is 0 Å². The number of imide groups is 1. The molecule has 0 radical (unpaired) electrons. The molecule has 0 aromatic carbocycles. The van der Waals surface area contributed by atoms with Gasteiger partial charge in [-0.05, 0) is 46.1 Å². The summed E-state index contributed by atoms with van der Waals surface area (Å²) in [6.07, 6.45) is 2.59. The smallest absolute Gasteiger partial charge is 0.233 e. The molecule has 21 heavy (non-hydrogen) atoms. The molecule has 0 bridgehead atoms. The van der Waals surface area contributed by atoms with E-state index in [2.05, 4.69) is 22.9 Å². The molecule has 1 aliphatic carbocycles. The van der Waals surface area contributed by atoms with Crippen LogP contribution in [0.25, 0.3) is 0 Å². The second-order valence-corrected chi connectivity index (χ2v) is 7.51. The lowest BCUT2D eigenvalue weighted by Gasteiger charge is -2.16. The van der Waals surface area contributed by atoms with E-state index in [1.165, 1.54) is 16.2 Å². The van der Waals surface area contributed by atoms with E-state index in [4.69, 9.17) is 0 Å². The van der Waals surface area contributed by atoms with Crippen molar-refractivity contribution in [2.45, 2.75) is 26.2 Å². The zero-order chi connectivity index (χ0) is 15.1. The van der Waals surface area contributed by atoms with Gasteiger partial charge >= 0.3 is 0 Å². The third kappa shape index (κ3) is 2.48. The SMILES string of the molecule is CCC1CC2C(=O)N(CC(=O)c3sccc3Br)C(=O)C2C1. The summed E-state index contributed by atoms with van der Waals surface area (Å²) < 4.78 is 0.725. The molecular formula is C15H16BrNO3S. The maximum Gasteiger partial charge on any atom is 0.233 e. The van der Waals surface area contributed by atoms with Crippen LogP contribution in [0, 0.1) is 17.8 Å². The second-order valence-electron chi connectivity index (χ2n) is 5.74. The maximum atomic E-state index is 12.4. The fourth-order valence-corrected chi connectivity index (χ4v) is 4.92. The van der Waals surface area contributed by atoms with E-state index < -0.39 is 0 Å². The van der Waals surface area contributed by atoms with Crippen LogP contribution in [0.1, 0.15) is 35.9 Å². The van der Waals surface area contributed by atoms with Gasteiger partial charge in [-0.15, -0.1) is 11.3 Å². The fourth-order valence-electron chi connectivity index (χ4n) is 3.40. The van der Waals surface area contributed by atoms with Crippen molar-refractivity contribution in [3.05, 3.63) is 20.8 Å². The van der Waals surface area contributed by atoms with Gasteiger partial charge < -0.3 is 0 Å². The van der Waals surface area contributed by atoms with Crippen molar-refractivity contribution in [2.75, 3.05) is 6.54 Å². The number of nitrogens with zero attached hydrogens (tertiary/aromatic N) is 1. The molecule has 2 heterocycles. The number of hydrogen-bond donors (Lipinski definition) is 0. The lowest BCUT2D eigenvalue weighted by atomic mass is 10.00. The number of ketones is 1. The van der Waals surface area contributed by atoms with Crippen molar-refractivity contribution < 1.29 is 14.4 Å². The largest absolute Gasteiger partial charge is 0.291 e. The third-order valence-electron chi connectivity index (χ3n) is 4.58. The Hall–Kier alpha value is -1.01. The first kappa shape index (κ1) is 14.9. The van der Waals surface area contributed by atoms with Crippen LogP contribution in [0.5, 0.6) is 0 Å². The summed E-state index contributed by atoms with van der Waals surface area (Å²) >= 11 is 4.64. The Balaban J connectivity index is 1.74. The van der Waals surface area contributed by atoms with Crippen LogP contribution in [0.15, 0.2) is 15.9 Å². The molecule has 2 unspecified atom stereocenters. The van der Waals surface area contributed by atoms with Crippen molar-refractivity contribution in [1.82, 2.24) is 4.90 Å². The Bertz CT molecular complexity index is 588. The van der Waals surface area contributed by atoms with E-state index in [-0.39, 0.29) is 36.0 Å². The lowest BCUT2D eigenvalue weighted by Crippen LogP contribution is -2.36. The van der Waals surface area contributed by atoms with Crippen LogP contribution in [0.2, 0.25) is 0 Å². The van der Waals surface area contributed by atoms with Gasteiger partial charge in [0.05, 0.1) is 23.3 Å². The summed E-state index contributed by atoms with van der Waals surface area (Å²) in [6, 6.07) is 1.80. The van der Waals surface area contributed by atoms with Gasteiger partial charge in [0.15, 0.2) is 5.78 Å². The van der Waals surface area contributed by atoms with E-state index in [1.54, 1.807) is 6.07 Å². The zero-order valence-electron chi connectivity index (χ0n) is 11.7. The topological polar surface area (TPSA) is 54.5 Å². The van der Waals surface area contributed by atoms with Gasteiger partial charge in [0.1, 0.15) is 0 Å². The Morgan fingerprint density at radius 2 is 1.95 bits per heavy atom. The number of likely N-dealkylation sites (tertiary alicyclic amines) is 1. The van der Waals surface area contributed by atoms with Crippen LogP contribution >= 0.6 is 27.3 Å². The Kier molecular flexibility index (Phi) is 4.01. The van der Waals surface area contributed by atoms with Crippen LogP contribution < -0.4 is 0 Å². The van der Waals surface area contributed by atoms with Gasteiger partial charge in [0.25, 0.3) is 0 Å². The quantitative estimate of drug-likeness (QED) is 0.605. The molecule has 3 rings (SSSR count). The predicted octanol–water partition coefficient (Wildman–Crippen LogP) is 3.11. The molecule has 2 fully saturated rings. The zero-order valence-corrected chi connectivity index (χ0v) is 14.1. The number of hydrogen-bond acceptors (Lipinski definition) is 4. The summed E-state index contributed by atoms with van der Waals surface area (Å²) in [5.41, 5.74) is 0. The summed E-state index contributed by atoms with van der Waals surface area (Å²) in [4.78, 5) is 38.8. The third-order valence-corrected chi connectivity index (χ3v) is 6.45. The molecular weight excluding hydrogens is 354 g/mol. The normalized spacial score (nSPS) is 28.3. The highest BCUT2D eigenvalue weighted by Gasteiger charge is 2.52. The molecule has 4 nitrogen and oxygen atoms in total. The Labute approximate surface area is 135 Å². The van der Waals surface area contributed by atoms with Gasteiger partial charge in [0.2, 0.25) is 11.8 Å². The van der Waals surface area contributed by atoms with Crippen LogP contribution in [-0.2, 0) is 9.59 Å². The van der Waals surface area contributed by atoms with E-state index in [0.29, 0.717) is 10.8 Å². The molecule has 1 saturated carbocycles. The molecule has 1 saturated heterocycles. The number of Topliss-reactive ketones (excluding diaryl/α,β-unsaturated/α-hetero) is 1. The van der Waals surface area contributed by atoms with Crippen molar-refractivity contribution in [3.8, 4) is 0 Å². The number of rotatable bonds is 4. The second kappa shape index (κ2) is 5.65. The maximum absolute atomic E-state index is 12.4. The molecule has 1 aliphatic heterocycles. The minimum absolute atomic E-state index is 0.124. The van der Waals surface area contributed by atoms with E-state index in [0.717, 1.165) is 23.7 Å². The van der Waals surface area contributed by atoms with Gasteiger partial charge in [0, 0.05) is 4.47 Å². The Morgan fingerprint density at radius 1 is 1.33 bits per heavy atom. The molecule has 1 aromatic heterocycles. The lowest BCUT2D eigenvalue weighted by molar-refractivity contribution is -0.139. The van der Waals surface area contributed by atoms with Gasteiger partial charge in [-0.2, -0.15) is 0 Å². The molecule has 0 N–H and O–H groups in total. The van der Waals surface area contributed by atoms with E-state index >= 15 is 0 Å². The number of halogens is 1. The van der Waals surface area contributed by atoms with E-state index in [9.17, 15) is 14.4 Å². The first-order chi connectivity index (χ1) is 10.0. The molecule has 6 heteroatoms. The molecule has 2 amide bonds. The van der Waals surface area contributed by atoms with Gasteiger partial charge in [-0.3, -0.25) is 19.3 Å². The van der Waals surface area contributed by atoms with E-state index in [1.807, 2.05) is 5.38 Å². The molecule has 0 spiro atoms. The van der Waals surface area contributed by atoms with Crippen molar-refractivity contribution in [3.63, 3.8) is 0 Å². The van der Waals surface area contributed by atoms with Gasteiger partial charge in [-0.1, -0.05) is 13.3 Å². The molecule has 1 aromatic rings. The summed E-state index contributed by atoms with van der Waals surface area (Å²) in [5.74, 6) is -0.393. The highest BCUT2D eigenvalue weighted by atomic mass is 79.9. The number of thiophene rings is 1. The van der Waals surface area contributed by atoms with Crippen LogP contribution in [-0.4, -0.2) is 29.0 Å². The Morgan fingerprint density at radius 3 is 2.43 bits per heavy atom. The first-order valence-electron chi connectivity index (χ1n) is 7.14. The van der Waals surface area contributed by atoms with Gasteiger partial charge in [-0.25, -0.2) is 0 Å². The number of carbonyl (C=O) groups is 3. The highest BCUT2D eigenvalue weighted by Crippen LogP contribution is 2.44. The predicted molar refractivity (Wildman–Crippen MR) is 83.1 cm³/mol. The average Bonchev–Trinajstić information content (AvgIpc) is 3.12. The molecule has 2 aliphatic rings. The fraction of sp³-hybridized carbons (Fsp3) is 0.533. The summed E-state index contributed by atoms with van der Waals surface area (Å²) in [5, 5.41) is 1.81. The minimum Gasteiger partial charge on any atom is -0.291 e. The minimum atomic E-state index is -0.193. The molecule has 112 valence electrons. The highest BCUT2D eigenvalue weighted by molar-refractivity contribution is 9.10. The number of carbonyl (C=O) groups excluding carboxylic acids is 3. The monoisotopic (exact) mass is 369 g/mol. The summed E-state index contributed by atoms with van der Waals surface area (Å²) in [7, 11) is 0. The van der Waals surface area contributed by atoms with Crippen molar-refractivity contribution in [2.24, 2.45) is 17.8 Å². The number of fused-ring (bicyclic) bond motifs is 1. The standard InChI is InChI=1S/C15H16BrNO3S/c1-2-8-5-9-10(6-8)15(20)17(14(9)19)7-12(18)13-11(16)3-4-21-13/h3-4,8-10H,2,5-7H2,1H3. The van der Waals surface area contributed by atoms with Crippen LogP contribution in [0.3, 0.4) is 0 Å². The first-order valence-corrected chi connectivity index (χ1v) is 8.81. The molecule has 2 atom stereocenters. The van der Waals surface area contributed by atoms with Crippen molar-refractivity contribution >= 4 is 44.9 Å².